The van der Waals surface area contributed by atoms with Crippen LogP contribution < -0.4 is 0 Å². The van der Waals surface area contributed by atoms with E-state index in [0.29, 0.717) is 6.07 Å². The average molecular weight is 282 g/mol. The summed E-state index contributed by atoms with van der Waals surface area (Å²) in [5, 5.41) is 8.36. The van der Waals surface area contributed by atoms with Gasteiger partial charge in [0.15, 0.2) is 0 Å². The van der Waals surface area contributed by atoms with E-state index < -0.39 is 24.0 Å². The molecule has 15 heavy (non-hydrogen) atoms. The summed E-state index contributed by atoms with van der Waals surface area (Å²) in [6.45, 7) is 0. The van der Waals surface area contributed by atoms with Gasteiger partial charge in [-0.25, -0.2) is 4.39 Å². The second-order valence-corrected chi connectivity index (χ2v) is 3.57. The third-order valence-corrected chi connectivity index (χ3v) is 2.49. The fraction of sp³-hybridized carbons (Fsp3) is 0.222. The number of hydrogen-bond acceptors (Lipinski definition) is 1. The maximum absolute atomic E-state index is 13.0. The van der Waals surface area contributed by atoms with Crippen molar-refractivity contribution >= 4 is 15.9 Å². The van der Waals surface area contributed by atoms with Gasteiger partial charge in [-0.2, -0.15) is 18.4 Å². The van der Waals surface area contributed by atoms with Crippen LogP contribution in [0.2, 0.25) is 0 Å². The molecule has 6 heteroatoms. The zero-order valence-electron chi connectivity index (χ0n) is 7.20. The number of benzene rings is 1. The van der Waals surface area contributed by atoms with Crippen molar-refractivity contribution < 1.29 is 17.6 Å². The summed E-state index contributed by atoms with van der Waals surface area (Å²) < 4.78 is 50.4. The molecule has 0 aliphatic carbocycles. The maximum Gasteiger partial charge on any atom is 0.419 e. The minimum atomic E-state index is -4.79. The number of nitriles is 1. The topological polar surface area (TPSA) is 23.8 Å². The molecule has 0 amide bonds. The summed E-state index contributed by atoms with van der Waals surface area (Å²) in [5.74, 6) is -1.36. The predicted molar refractivity (Wildman–Crippen MR) is 48.4 cm³/mol. The minimum Gasteiger partial charge on any atom is -0.206 e. The highest BCUT2D eigenvalue weighted by molar-refractivity contribution is 9.10. The lowest BCUT2D eigenvalue weighted by atomic mass is 10.0. The molecule has 80 valence electrons. The van der Waals surface area contributed by atoms with Crippen LogP contribution in [0.1, 0.15) is 11.1 Å². The Balaban J connectivity index is 3.47. The molecule has 1 rings (SSSR count). The lowest BCUT2D eigenvalue weighted by Crippen LogP contribution is -2.12. The lowest BCUT2D eigenvalue weighted by molar-refractivity contribution is -0.140. The largest absolute Gasteiger partial charge is 0.419 e. The van der Waals surface area contributed by atoms with Crippen molar-refractivity contribution in [2.45, 2.75) is 12.6 Å². The van der Waals surface area contributed by atoms with Crippen LogP contribution in [0.5, 0.6) is 0 Å². The fourth-order valence-corrected chi connectivity index (χ4v) is 1.62. The van der Waals surface area contributed by atoms with Crippen molar-refractivity contribution in [2.24, 2.45) is 0 Å². The van der Waals surface area contributed by atoms with E-state index in [4.69, 9.17) is 5.26 Å². The smallest absolute Gasteiger partial charge is 0.206 e. The Labute approximate surface area is 91.4 Å². The Hall–Kier alpha value is -1.09. The van der Waals surface area contributed by atoms with Gasteiger partial charge in [-0.1, -0.05) is 15.9 Å². The Morgan fingerprint density at radius 1 is 1.33 bits per heavy atom. The summed E-state index contributed by atoms with van der Waals surface area (Å²) in [5.41, 5.74) is -1.75. The minimum absolute atomic E-state index is 0.0813. The van der Waals surface area contributed by atoms with E-state index in [2.05, 4.69) is 15.9 Å². The summed E-state index contributed by atoms with van der Waals surface area (Å²) in [6, 6.07) is 3.43. The van der Waals surface area contributed by atoms with Crippen LogP contribution in [0, 0.1) is 17.1 Å². The van der Waals surface area contributed by atoms with E-state index in [-0.39, 0.29) is 10.0 Å². The van der Waals surface area contributed by atoms with Crippen molar-refractivity contribution in [1.82, 2.24) is 0 Å². The quantitative estimate of drug-likeness (QED) is 0.721. The normalized spacial score (nSPS) is 11.2. The molecular formula is C9H4BrF4N. The molecule has 0 N–H and O–H groups in total. The molecule has 0 atom stereocenters. The van der Waals surface area contributed by atoms with E-state index in [1.165, 1.54) is 0 Å². The Morgan fingerprint density at radius 2 is 1.93 bits per heavy atom. The molecule has 0 heterocycles. The van der Waals surface area contributed by atoms with Gasteiger partial charge < -0.3 is 0 Å². The highest BCUT2D eigenvalue weighted by Gasteiger charge is 2.37. The highest BCUT2D eigenvalue weighted by Crippen LogP contribution is 2.37. The van der Waals surface area contributed by atoms with Gasteiger partial charge in [0.2, 0.25) is 0 Å². The lowest BCUT2D eigenvalue weighted by Gasteiger charge is -2.13. The maximum atomic E-state index is 13.0. The van der Waals surface area contributed by atoms with Gasteiger partial charge in [0, 0.05) is 4.47 Å². The van der Waals surface area contributed by atoms with Gasteiger partial charge >= 0.3 is 6.18 Å². The van der Waals surface area contributed by atoms with Crippen LogP contribution in [0.15, 0.2) is 16.6 Å². The fourth-order valence-electron chi connectivity index (χ4n) is 1.15. The van der Waals surface area contributed by atoms with Crippen molar-refractivity contribution in [3.05, 3.63) is 33.5 Å². The molecule has 0 bridgehead atoms. The Bertz CT molecular complexity index is 419. The number of nitrogens with zero attached hydrogens (tertiary/aromatic N) is 1. The molecule has 1 aromatic rings. The second kappa shape index (κ2) is 4.19. The SMILES string of the molecule is N#CCc1c(Br)ccc(F)c1C(F)(F)F. The molecule has 0 aliphatic heterocycles. The van der Waals surface area contributed by atoms with Crippen molar-refractivity contribution in [3.8, 4) is 6.07 Å². The van der Waals surface area contributed by atoms with E-state index >= 15 is 0 Å². The number of halogens is 5. The first kappa shape index (κ1) is 12.0. The molecule has 0 saturated heterocycles. The van der Waals surface area contributed by atoms with Crippen LogP contribution in [0.4, 0.5) is 17.6 Å². The van der Waals surface area contributed by atoms with Crippen LogP contribution in [0.25, 0.3) is 0 Å². The summed E-state index contributed by atoms with van der Waals surface area (Å²) in [4.78, 5) is 0. The molecule has 1 nitrogen and oxygen atoms in total. The van der Waals surface area contributed by atoms with Crippen LogP contribution >= 0.6 is 15.9 Å². The van der Waals surface area contributed by atoms with Crippen molar-refractivity contribution in [1.29, 1.82) is 5.26 Å². The zero-order chi connectivity index (χ0) is 11.6. The molecule has 0 fully saturated rings. The van der Waals surface area contributed by atoms with E-state index in [1.807, 2.05) is 0 Å². The first-order chi connectivity index (χ1) is 6.88. The summed E-state index contributed by atoms with van der Waals surface area (Å²) in [7, 11) is 0. The molecule has 0 aliphatic rings. The molecular weight excluding hydrogens is 278 g/mol. The van der Waals surface area contributed by atoms with Gasteiger partial charge in [-0.15, -0.1) is 0 Å². The van der Waals surface area contributed by atoms with E-state index in [9.17, 15) is 17.6 Å². The second-order valence-electron chi connectivity index (χ2n) is 2.72. The van der Waals surface area contributed by atoms with Gasteiger partial charge in [0.25, 0.3) is 0 Å². The third kappa shape index (κ3) is 2.48. The Morgan fingerprint density at radius 3 is 2.40 bits per heavy atom. The van der Waals surface area contributed by atoms with E-state index in [1.54, 1.807) is 6.07 Å². The average Bonchev–Trinajstić information content (AvgIpc) is 2.09. The zero-order valence-corrected chi connectivity index (χ0v) is 8.78. The van der Waals surface area contributed by atoms with Crippen molar-refractivity contribution in [2.75, 3.05) is 0 Å². The van der Waals surface area contributed by atoms with Gasteiger partial charge in [-0.3, -0.25) is 0 Å². The monoisotopic (exact) mass is 281 g/mol. The van der Waals surface area contributed by atoms with Crippen molar-refractivity contribution in [3.63, 3.8) is 0 Å². The Kier molecular flexibility index (Phi) is 3.35. The molecule has 1 aromatic carbocycles. The standard InChI is InChI=1S/C9H4BrF4N/c10-6-1-2-7(11)8(9(12,13)14)5(6)3-4-15/h1-2H,3H2. The van der Waals surface area contributed by atoms with Gasteiger partial charge in [0.1, 0.15) is 5.82 Å². The van der Waals surface area contributed by atoms with Crippen LogP contribution in [-0.2, 0) is 12.6 Å². The highest BCUT2D eigenvalue weighted by atomic mass is 79.9. The number of alkyl halides is 3. The summed E-state index contributed by atoms with van der Waals surface area (Å²) in [6.07, 6.45) is -5.28. The number of rotatable bonds is 1. The van der Waals surface area contributed by atoms with E-state index in [0.717, 1.165) is 6.07 Å². The summed E-state index contributed by atoms with van der Waals surface area (Å²) >= 11 is 2.86. The first-order valence-corrected chi connectivity index (χ1v) is 4.58. The predicted octanol–water partition coefficient (Wildman–Crippen LogP) is 3.67. The number of hydrogen-bond donors (Lipinski definition) is 0. The third-order valence-electron chi connectivity index (χ3n) is 1.74. The first-order valence-electron chi connectivity index (χ1n) is 3.79. The molecule has 0 aromatic heterocycles. The van der Waals surface area contributed by atoms with Gasteiger partial charge in [0.05, 0.1) is 18.1 Å². The molecule has 0 unspecified atom stereocenters. The van der Waals surface area contributed by atoms with Crippen LogP contribution in [0.3, 0.4) is 0 Å². The molecule has 0 spiro atoms. The van der Waals surface area contributed by atoms with Crippen LogP contribution in [-0.4, -0.2) is 0 Å². The molecule has 0 radical (unpaired) electrons. The molecule has 0 saturated carbocycles. The van der Waals surface area contributed by atoms with Gasteiger partial charge in [-0.05, 0) is 17.7 Å².